The molecule has 0 fully saturated rings. The third-order valence-electron chi connectivity index (χ3n) is 0. The molecule has 0 aliphatic heterocycles. The molecule has 0 aliphatic carbocycles. The fraction of sp³-hybridized carbons (Fsp3) is 0. The molecule has 0 amide bonds. The van der Waals surface area contributed by atoms with Gasteiger partial charge in [0.05, 0.1) is 0 Å². The molecular formula is DyO3Sc. The number of hydrogen-bond acceptors (Lipinski definition) is 3. The first-order chi connectivity index (χ1) is 1.73. The van der Waals surface area contributed by atoms with Gasteiger partial charge in [0.25, 0.3) is 0 Å². The average molecular weight is 255 g/mol. The first kappa shape index (κ1) is 9.74. The Morgan fingerprint density at radius 3 is 1.00 bits per heavy atom. The van der Waals surface area contributed by atoms with E-state index in [4.69, 9.17) is 8.56 Å². The molecular weight excluding hydrogens is 255 g/mol. The van der Waals surface area contributed by atoms with Crippen molar-refractivity contribution in [2.75, 3.05) is 0 Å². The topological polar surface area (TPSA) is 51.2 Å². The normalized spacial score (nSPS) is 3.00. The van der Waals surface area contributed by atoms with Gasteiger partial charge in [-0.1, -0.05) is 0 Å². The molecule has 0 N–H and O–H groups in total. The van der Waals surface area contributed by atoms with Crippen LogP contribution < -0.4 is 0 Å². The minimum atomic E-state index is -4.23. The predicted molar refractivity (Wildman–Crippen MR) is 2.06 cm³/mol. The quantitative estimate of drug-likeness (QED) is 0.594. The summed E-state index contributed by atoms with van der Waals surface area (Å²) in [7, 11) is 0. The zero-order valence-electron chi connectivity index (χ0n) is 2.12. The summed E-state index contributed by atoms with van der Waals surface area (Å²) in [6, 6.07) is 0. The molecule has 0 spiro atoms. The standard InChI is InChI=1S/Dy.3O.Sc. The summed E-state index contributed by atoms with van der Waals surface area (Å²) >= 11 is -4.23. The molecule has 0 saturated carbocycles. The monoisotopic (exact) mass is 257 g/mol. The predicted octanol–water partition coefficient (Wildman–Crippen LogP) is -0.359. The van der Waals surface area contributed by atoms with Crippen molar-refractivity contribution >= 4 is 0 Å². The van der Waals surface area contributed by atoms with E-state index < -0.39 is 21.4 Å². The van der Waals surface area contributed by atoms with Crippen LogP contribution in [0.5, 0.6) is 0 Å². The second kappa shape index (κ2) is 5.54. The van der Waals surface area contributed by atoms with Crippen molar-refractivity contribution < 1.29 is 68.2 Å². The first-order valence-corrected chi connectivity index (χ1v) is 2.92. The van der Waals surface area contributed by atoms with Crippen molar-refractivity contribution in [2.24, 2.45) is 0 Å². The summed E-state index contributed by atoms with van der Waals surface area (Å²) < 4.78 is 25.8. The van der Waals surface area contributed by atoms with Crippen LogP contribution in [0.15, 0.2) is 0 Å². The van der Waals surface area contributed by atoms with E-state index >= 15 is 0 Å². The minimum absolute atomic E-state index is 0. The molecule has 5 heteroatoms. The zero-order valence-corrected chi connectivity index (χ0v) is 5.95. The van der Waals surface area contributed by atoms with Gasteiger partial charge in [0.1, 0.15) is 0 Å². The molecule has 0 unspecified atom stereocenters. The van der Waals surface area contributed by atoms with E-state index in [2.05, 4.69) is 0 Å². The number of hydrogen-bond donors (Lipinski definition) is 0. The van der Waals surface area contributed by atoms with Crippen molar-refractivity contribution in [3.05, 3.63) is 0 Å². The molecule has 0 aromatic rings. The van der Waals surface area contributed by atoms with E-state index in [9.17, 15) is 0 Å². The van der Waals surface area contributed by atoms with Crippen molar-refractivity contribution in [1.82, 2.24) is 0 Å². The van der Waals surface area contributed by atoms with Crippen molar-refractivity contribution in [3.63, 3.8) is 0 Å². The van der Waals surface area contributed by atoms with Gasteiger partial charge in [-0.15, -0.1) is 0 Å². The molecule has 0 rings (SSSR count). The summed E-state index contributed by atoms with van der Waals surface area (Å²) in [6.45, 7) is 0. The molecule has 0 saturated heterocycles. The van der Waals surface area contributed by atoms with Crippen molar-refractivity contribution in [2.45, 2.75) is 0 Å². The van der Waals surface area contributed by atoms with Gasteiger partial charge in [-0.05, 0) is 0 Å². The van der Waals surface area contributed by atoms with Gasteiger partial charge in [-0.2, -0.15) is 0 Å². The van der Waals surface area contributed by atoms with E-state index in [1.165, 1.54) is 0 Å². The van der Waals surface area contributed by atoms with Crippen LogP contribution in [0.1, 0.15) is 0 Å². The van der Waals surface area contributed by atoms with Crippen LogP contribution in [-0.4, -0.2) is 0 Å². The molecule has 0 aromatic heterocycles. The Labute approximate surface area is 67.0 Å². The van der Waals surface area contributed by atoms with E-state index in [1.807, 2.05) is 0 Å². The maximum absolute atomic E-state index is 8.60. The van der Waals surface area contributed by atoms with Gasteiger partial charge in [0.15, 0.2) is 0 Å². The Hall–Kier alpha value is 1.54. The van der Waals surface area contributed by atoms with Gasteiger partial charge >= 0.3 is 30.0 Å². The van der Waals surface area contributed by atoms with Crippen LogP contribution in [0.4, 0.5) is 0 Å². The molecule has 0 aromatic carbocycles. The van der Waals surface area contributed by atoms with Crippen LogP contribution in [-0.2, 0) is 30.0 Å². The van der Waals surface area contributed by atoms with Crippen LogP contribution in [0.25, 0.3) is 0 Å². The average Bonchev–Trinajstić information content (AvgIpc) is 0.811. The van der Waals surface area contributed by atoms with Crippen LogP contribution in [0.2, 0.25) is 0 Å². The molecule has 0 heterocycles. The molecule has 0 radical (unpaired) electrons. The second-order valence-corrected chi connectivity index (χ2v) is 1.19. The molecule has 31 valence electrons. The summed E-state index contributed by atoms with van der Waals surface area (Å²) in [6.07, 6.45) is 0. The summed E-state index contributed by atoms with van der Waals surface area (Å²) in [4.78, 5) is 0. The van der Waals surface area contributed by atoms with Crippen LogP contribution in [0, 0.1) is 38.2 Å². The first-order valence-electron chi connectivity index (χ1n) is 0.707. The summed E-state index contributed by atoms with van der Waals surface area (Å²) in [5, 5.41) is 0. The molecule has 0 bridgehead atoms. The van der Waals surface area contributed by atoms with Gasteiger partial charge in [0.2, 0.25) is 0 Å². The molecule has 3 nitrogen and oxygen atoms in total. The van der Waals surface area contributed by atoms with Gasteiger partial charge in [-0.3, -0.25) is 0 Å². The van der Waals surface area contributed by atoms with Gasteiger partial charge in [-0.25, -0.2) is 0 Å². The van der Waals surface area contributed by atoms with Crippen LogP contribution in [0.3, 0.4) is 0 Å². The molecule has 0 aliphatic rings. The molecule has 5 heavy (non-hydrogen) atoms. The SMILES string of the molecule is [Dy].[O]=[Sc](=[O])=[O]. The van der Waals surface area contributed by atoms with Gasteiger partial charge < -0.3 is 0 Å². The Morgan fingerprint density at radius 2 is 1.00 bits per heavy atom. The Bertz CT molecular complexity index is 76.3. The summed E-state index contributed by atoms with van der Waals surface area (Å²) in [5.74, 6) is 0. The van der Waals surface area contributed by atoms with E-state index in [-0.39, 0.29) is 38.2 Å². The van der Waals surface area contributed by atoms with E-state index in [0.717, 1.165) is 0 Å². The fourth-order valence-corrected chi connectivity index (χ4v) is 0. The summed E-state index contributed by atoms with van der Waals surface area (Å²) in [5.41, 5.74) is 0. The zero-order chi connectivity index (χ0) is 3.58. The maximum atomic E-state index is 8.60. The Kier molecular flexibility index (Phi) is 10.8. The second-order valence-electron chi connectivity index (χ2n) is 0.289. The fourth-order valence-electron chi connectivity index (χ4n) is 0. The molecule has 0 atom stereocenters. The van der Waals surface area contributed by atoms with E-state index in [1.54, 1.807) is 0 Å². The van der Waals surface area contributed by atoms with E-state index in [0.29, 0.717) is 0 Å². The van der Waals surface area contributed by atoms with Crippen molar-refractivity contribution in [1.29, 1.82) is 0 Å². The number of rotatable bonds is 0. The Morgan fingerprint density at radius 1 is 1.00 bits per heavy atom. The van der Waals surface area contributed by atoms with Crippen LogP contribution >= 0.6 is 0 Å². The Balaban J connectivity index is 0. The van der Waals surface area contributed by atoms with Crippen molar-refractivity contribution in [3.8, 4) is 0 Å². The third kappa shape index (κ3) is 29.2. The van der Waals surface area contributed by atoms with Gasteiger partial charge in [0, 0.05) is 38.2 Å². The third-order valence-corrected chi connectivity index (χ3v) is 0.